The minimum atomic E-state index is -0.282. The normalized spacial score (nSPS) is 46.0. The number of rotatable bonds is 2. The lowest BCUT2D eigenvalue weighted by molar-refractivity contribution is -0.168. The highest BCUT2D eigenvalue weighted by Crippen LogP contribution is 2.70. The van der Waals surface area contributed by atoms with Crippen LogP contribution in [0.2, 0.25) is 0 Å². The van der Waals surface area contributed by atoms with Crippen LogP contribution in [0.25, 0.3) is 0 Å². The van der Waals surface area contributed by atoms with E-state index in [1.807, 2.05) is 0 Å². The lowest BCUT2D eigenvalue weighted by Crippen LogP contribution is -2.49. The molecule has 0 aliphatic heterocycles. The van der Waals surface area contributed by atoms with Crippen molar-refractivity contribution >= 4 is 11.9 Å². The Morgan fingerprint density at radius 2 is 1.65 bits per heavy atom. The molecule has 0 aromatic carbocycles. The van der Waals surface area contributed by atoms with Gasteiger partial charge in [-0.25, -0.2) is 0 Å². The van der Waals surface area contributed by atoms with Gasteiger partial charge >= 0.3 is 11.9 Å². The lowest BCUT2D eigenvalue weighted by atomic mass is 9.57. The predicted octanol–water partition coefficient (Wildman–Crippen LogP) is 1.24. The van der Waals surface area contributed by atoms with Gasteiger partial charge in [-0.15, -0.1) is 0 Å². The largest absolute Gasteiger partial charge is 0.469 e. The highest BCUT2D eigenvalue weighted by molar-refractivity contribution is 5.83. The number of esters is 2. The van der Waals surface area contributed by atoms with Gasteiger partial charge in [-0.1, -0.05) is 0 Å². The summed E-state index contributed by atoms with van der Waals surface area (Å²) in [7, 11) is 2.80. The molecule has 4 nitrogen and oxygen atoms in total. The van der Waals surface area contributed by atoms with E-state index in [0.717, 1.165) is 18.8 Å². The number of ether oxygens (including phenoxy) is 2. The number of hydrogen-bond acceptors (Lipinski definition) is 4. The molecule has 3 fully saturated rings. The number of methoxy groups -OCH3 is 2. The molecule has 0 amide bonds. The molecule has 0 saturated heterocycles. The van der Waals surface area contributed by atoms with Crippen LogP contribution in [-0.2, 0) is 19.1 Å². The molecule has 3 saturated carbocycles. The van der Waals surface area contributed by atoms with Crippen LogP contribution in [0.15, 0.2) is 0 Å². The molecule has 6 atom stereocenters. The fourth-order valence-electron chi connectivity index (χ4n) is 4.26. The SMILES string of the molecule is COC(=O)C1CCC2C3CC3C2C1C(=O)OC. The fraction of sp³-hybridized carbons (Fsp3) is 0.846. The zero-order valence-corrected chi connectivity index (χ0v) is 10.2. The predicted molar refractivity (Wildman–Crippen MR) is 58.8 cm³/mol. The molecule has 17 heavy (non-hydrogen) atoms. The van der Waals surface area contributed by atoms with Crippen molar-refractivity contribution < 1.29 is 19.1 Å². The van der Waals surface area contributed by atoms with Crippen LogP contribution in [0.1, 0.15) is 19.3 Å². The Balaban J connectivity index is 1.83. The van der Waals surface area contributed by atoms with Crippen LogP contribution in [0.5, 0.6) is 0 Å². The molecule has 0 spiro atoms. The minimum absolute atomic E-state index is 0.222. The molecule has 4 heteroatoms. The Bertz CT molecular complexity index is 364. The maximum absolute atomic E-state index is 11.9. The molecule has 94 valence electrons. The molecule has 0 bridgehead atoms. The van der Waals surface area contributed by atoms with E-state index >= 15 is 0 Å². The molecule has 3 aliphatic rings. The van der Waals surface area contributed by atoms with E-state index in [1.165, 1.54) is 20.6 Å². The van der Waals surface area contributed by atoms with Gasteiger partial charge in [-0.3, -0.25) is 9.59 Å². The molecular formula is C13H18O4. The zero-order valence-electron chi connectivity index (χ0n) is 10.2. The number of carbonyl (C=O) groups is 2. The van der Waals surface area contributed by atoms with Crippen LogP contribution in [-0.4, -0.2) is 26.2 Å². The van der Waals surface area contributed by atoms with Crippen LogP contribution >= 0.6 is 0 Å². The Kier molecular flexibility index (Phi) is 2.42. The summed E-state index contributed by atoms with van der Waals surface area (Å²) < 4.78 is 9.71. The molecule has 0 aromatic rings. The number of fused-ring (bicyclic) bond motifs is 4. The second-order valence-corrected chi connectivity index (χ2v) is 5.56. The second kappa shape index (κ2) is 3.72. The summed E-state index contributed by atoms with van der Waals surface area (Å²) in [4.78, 5) is 23.7. The van der Waals surface area contributed by atoms with Crippen molar-refractivity contribution in [2.24, 2.45) is 35.5 Å². The molecule has 3 aliphatic carbocycles. The summed E-state index contributed by atoms with van der Waals surface area (Å²) >= 11 is 0. The first-order valence-corrected chi connectivity index (χ1v) is 6.34. The van der Waals surface area contributed by atoms with E-state index in [2.05, 4.69) is 0 Å². The van der Waals surface area contributed by atoms with Gasteiger partial charge in [0.05, 0.1) is 26.1 Å². The highest BCUT2D eigenvalue weighted by atomic mass is 16.5. The lowest BCUT2D eigenvalue weighted by Gasteiger charge is -2.46. The average Bonchev–Trinajstić information content (AvgIpc) is 3.06. The standard InChI is InChI=1S/C13H18O4/c1-16-12(14)7-4-3-6-8-5-9(8)10(6)11(7)13(15)17-2/h6-11H,3-5H2,1-2H3. The molecule has 0 aromatic heterocycles. The van der Waals surface area contributed by atoms with Gasteiger partial charge in [-0.2, -0.15) is 0 Å². The van der Waals surface area contributed by atoms with Gasteiger partial charge in [0.2, 0.25) is 0 Å². The molecule has 0 heterocycles. The van der Waals surface area contributed by atoms with Crippen LogP contribution in [0.3, 0.4) is 0 Å². The van der Waals surface area contributed by atoms with Gasteiger partial charge in [0.15, 0.2) is 0 Å². The summed E-state index contributed by atoms with van der Waals surface area (Å²) in [6.07, 6.45) is 3.09. The van der Waals surface area contributed by atoms with Crippen LogP contribution in [0.4, 0.5) is 0 Å². The van der Waals surface area contributed by atoms with Gasteiger partial charge in [-0.05, 0) is 42.9 Å². The van der Waals surface area contributed by atoms with Crippen molar-refractivity contribution in [1.29, 1.82) is 0 Å². The quantitative estimate of drug-likeness (QED) is 0.679. The summed E-state index contributed by atoms with van der Waals surface area (Å²) in [5, 5.41) is 0. The van der Waals surface area contributed by atoms with E-state index < -0.39 is 0 Å². The van der Waals surface area contributed by atoms with E-state index in [4.69, 9.17) is 9.47 Å². The first kappa shape index (κ1) is 11.1. The van der Waals surface area contributed by atoms with Gasteiger partial charge in [0, 0.05) is 0 Å². The fourth-order valence-corrected chi connectivity index (χ4v) is 4.26. The highest BCUT2D eigenvalue weighted by Gasteiger charge is 2.67. The summed E-state index contributed by atoms with van der Waals surface area (Å²) in [5.41, 5.74) is 0. The summed E-state index contributed by atoms with van der Waals surface area (Å²) in [6, 6.07) is 0. The topological polar surface area (TPSA) is 52.6 Å². The van der Waals surface area contributed by atoms with E-state index in [9.17, 15) is 9.59 Å². The summed E-state index contributed by atoms with van der Waals surface area (Å²) in [5.74, 6) is 1.55. The zero-order chi connectivity index (χ0) is 12.2. The van der Waals surface area contributed by atoms with Gasteiger partial charge < -0.3 is 9.47 Å². The molecule has 3 rings (SSSR count). The van der Waals surface area contributed by atoms with Crippen molar-refractivity contribution in [3.63, 3.8) is 0 Å². The Morgan fingerprint density at radius 3 is 2.29 bits per heavy atom. The first-order valence-electron chi connectivity index (χ1n) is 6.34. The third kappa shape index (κ3) is 1.42. The van der Waals surface area contributed by atoms with Crippen molar-refractivity contribution in [3.8, 4) is 0 Å². The van der Waals surface area contributed by atoms with E-state index in [0.29, 0.717) is 17.8 Å². The molecule has 0 radical (unpaired) electrons. The van der Waals surface area contributed by atoms with E-state index in [-0.39, 0.29) is 23.8 Å². The number of carbonyl (C=O) groups excluding carboxylic acids is 2. The third-order valence-electron chi connectivity index (χ3n) is 5.07. The molecular weight excluding hydrogens is 220 g/mol. The van der Waals surface area contributed by atoms with Crippen molar-refractivity contribution in [1.82, 2.24) is 0 Å². The Hall–Kier alpha value is -1.06. The minimum Gasteiger partial charge on any atom is -0.469 e. The van der Waals surface area contributed by atoms with Crippen molar-refractivity contribution in [2.75, 3.05) is 14.2 Å². The smallest absolute Gasteiger partial charge is 0.309 e. The molecule has 6 unspecified atom stereocenters. The number of hydrogen-bond donors (Lipinski definition) is 0. The van der Waals surface area contributed by atoms with Crippen LogP contribution < -0.4 is 0 Å². The summed E-state index contributed by atoms with van der Waals surface area (Å²) in [6.45, 7) is 0. The third-order valence-corrected chi connectivity index (χ3v) is 5.07. The van der Waals surface area contributed by atoms with Gasteiger partial charge in [0.25, 0.3) is 0 Å². The monoisotopic (exact) mass is 238 g/mol. The van der Waals surface area contributed by atoms with Gasteiger partial charge in [0.1, 0.15) is 0 Å². The van der Waals surface area contributed by atoms with E-state index in [1.54, 1.807) is 0 Å². The van der Waals surface area contributed by atoms with Crippen molar-refractivity contribution in [2.45, 2.75) is 19.3 Å². The second-order valence-electron chi connectivity index (χ2n) is 5.56. The van der Waals surface area contributed by atoms with Crippen LogP contribution in [0, 0.1) is 35.5 Å². The maximum atomic E-state index is 11.9. The average molecular weight is 238 g/mol. The van der Waals surface area contributed by atoms with Crippen molar-refractivity contribution in [3.05, 3.63) is 0 Å². The molecule has 0 N–H and O–H groups in total. The maximum Gasteiger partial charge on any atom is 0.309 e. The Morgan fingerprint density at radius 1 is 0.941 bits per heavy atom. The Labute approximate surface area is 101 Å². The first-order chi connectivity index (χ1) is 8.19.